The lowest BCUT2D eigenvalue weighted by atomic mass is 10.2. The zero-order valence-electron chi connectivity index (χ0n) is 12.5. The Kier molecular flexibility index (Phi) is 4.42. The maximum absolute atomic E-state index is 12.4. The number of aryl methyl sites for hydroxylation is 1. The van der Waals surface area contributed by atoms with Crippen LogP contribution < -0.4 is 5.32 Å². The van der Waals surface area contributed by atoms with Crippen LogP contribution in [0.3, 0.4) is 0 Å². The zero-order valence-corrected chi connectivity index (χ0v) is 12.5. The van der Waals surface area contributed by atoms with E-state index in [4.69, 9.17) is 0 Å². The van der Waals surface area contributed by atoms with Crippen LogP contribution in [0.2, 0.25) is 0 Å². The average Bonchev–Trinajstić information content (AvgIpc) is 2.93. The summed E-state index contributed by atoms with van der Waals surface area (Å²) in [4.78, 5) is 0. The van der Waals surface area contributed by atoms with Gasteiger partial charge in [-0.3, -0.25) is 9.36 Å². The standard InChI is InChI=1S/C14H22FN5/c1-10(2)20-11(3)13(8-18-20)7-16-14-9-17-19(6-5-15)12(14)4/h8-10,16H,5-7H2,1-4H3. The lowest BCUT2D eigenvalue weighted by molar-refractivity contribution is 0.423. The Labute approximate surface area is 118 Å². The van der Waals surface area contributed by atoms with Crippen molar-refractivity contribution in [3.63, 3.8) is 0 Å². The normalized spacial score (nSPS) is 11.3. The molecule has 1 N–H and O–H groups in total. The molecule has 6 heteroatoms. The summed E-state index contributed by atoms with van der Waals surface area (Å²) in [6.45, 7) is 8.84. The molecular weight excluding hydrogens is 257 g/mol. The van der Waals surface area contributed by atoms with Gasteiger partial charge in [-0.05, 0) is 27.7 Å². The molecule has 0 aromatic carbocycles. The SMILES string of the molecule is Cc1c(NCc2cnn(C(C)C)c2C)cnn1CCF. The van der Waals surface area contributed by atoms with E-state index in [0.717, 1.165) is 16.9 Å². The first-order valence-electron chi connectivity index (χ1n) is 6.89. The molecule has 0 aliphatic carbocycles. The molecule has 5 nitrogen and oxygen atoms in total. The van der Waals surface area contributed by atoms with Crippen molar-refractivity contribution >= 4 is 5.69 Å². The van der Waals surface area contributed by atoms with Crippen molar-refractivity contribution < 1.29 is 4.39 Å². The number of hydrogen-bond acceptors (Lipinski definition) is 3. The Morgan fingerprint density at radius 1 is 1.20 bits per heavy atom. The van der Waals surface area contributed by atoms with Gasteiger partial charge in [-0.25, -0.2) is 4.39 Å². The molecule has 0 fully saturated rings. The topological polar surface area (TPSA) is 47.7 Å². The van der Waals surface area contributed by atoms with Gasteiger partial charge in [0.15, 0.2) is 0 Å². The van der Waals surface area contributed by atoms with Crippen molar-refractivity contribution in [3.8, 4) is 0 Å². The molecule has 2 heterocycles. The van der Waals surface area contributed by atoms with Gasteiger partial charge in [0.05, 0.1) is 30.3 Å². The van der Waals surface area contributed by atoms with E-state index >= 15 is 0 Å². The number of anilines is 1. The average molecular weight is 279 g/mol. The summed E-state index contributed by atoms with van der Waals surface area (Å²) in [5.74, 6) is 0. The van der Waals surface area contributed by atoms with Gasteiger partial charge in [-0.1, -0.05) is 0 Å². The molecule has 0 aliphatic rings. The molecule has 2 rings (SSSR count). The van der Waals surface area contributed by atoms with E-state index in [1.165, 1.54) is 5.69 Å². The summed E-state index contributed by atoms with van der Waals surface area (Å²) in [5, 5.41) is 11.9. The van der Waals surface area contributed by atoms with E-state index in [9.17, 15) is 4.39 Å². The molecule has 0 amide bonds. The van der Waals surface area contributed by atoms with E-state index in [1.807, 2.05) is 17.8 Å². The van der Waals surface area contributed by atoms with Gasteiger partial charge >= 0.3 is 0 Å². The van der Waals surface area contributed by atoms with Gasteiger partial charge < -0.3 is 5.32 Å². The zero-order chi connectivity index (χ0) is 14.7. The molecule has 0 unspecified atom stereocenters. The fraction of sp³-hybridized carbons (Fsp3) is 0.571. The fourth-order valence-electron chi connectivity index (χ4n) is 2.27. The van der Waals surface area contributed by atoms with Crippen LogP contribution >= 0.6 is 0 Å². The molecule has 0 saturated heterocycles. The summed E-state index contributed by atoms with van der Waals surface area (Å²) in [6.07, 6.45) is 3.64. The van der Waals surface area contributed by atoms with Crippen LogP contribution in [0.1, 0.15) is 36.8 Å². The Balaban J connectivity index is 2.05. The Morgan fingerprint density at radius 2 is 1.95 bits per heavy atom. The van der Waals surface area contributed by atoms with Crippen molar-refractivity contribution in [1.82, 2.24) is 19.6 Å². The second-order valence-corrected chi connectivity index (χ2v) is 5.20. The summed E-state index contributed by atoms with van der Waals surface area (Å²) in [5.41, 5.74) is 4.23. The molecule has 2 aromatic heterocycles. The summed E-state index contributed by atoms with van der Waals surface area (Å²) < 4.78 is 16.0. The van der Waals surface area contributed by atoms with E-state index in [2.05, 4.69) is 36.3 Å². The van der Waals surface area contributed by atoms with Crippen molar-refractivity contribution in [2.45, 2.75) is 46.8 Å². The molecule has 110 valence electrons. The fourth-order valence-corrected chi connectivity index (χ4v) is 2.27. The second kappa shape index (κ2) is 6.07. The van der Waals surface area contributed by atoms with Crippen LogP contribution in [-0.2, 0) is 13.1 Å². The number of alkyl halides is 1. The van der Waals surface area contributed by atoms with Crippen LogP contribution in [-0.4, -0.2) is 26.2 Å². The second-order valence-electron chi connectivity index (χ2n) is 5.20. The first-order valence-corrected chi connectivity index (χ1v) is 6.89. The van der Waals surface area contributed by atoms with E-state index in [-0.39, 0.29) is 0 Å². The quantitative estimate of drug-likeness (QED) is 0.884. The molecule has 0 spiro atoms. The number of rotatable bonds is 6. The van der Waals surface area contributed by atoms with Gasteiger partial charge in [-0.15, -0.1) is 0 Å². The third-order valence-electron chi connectivity index (χ3n) is 3.50. The van der Waals surface area contributed by atoms with Gasteiger partial charge in [-0.2, -0.15) is 10.2 Å². The number of nitrogens with zero attached hydrogens (tertiary/aromatic N) is 4. The van der Waals surface area contributed by atoms with Crippen LogP contribution in [0.4, 0.5) is 10.1 Å². The number of nitrogens with one attached hydrogen (secondary N) is 1. The molecule has 0 bridgehead atoms. The smallest absolute Gasteiger partial charge is 0.109 e. The molecule has 2 aromatic rings. The van der Waals surface area contributed by atoms with E-state index in [0.29, 0.717) is 19.1 Å². The van der Waals surface area contributed by atoms with Crippen molar-refractivity contribution in [2.75, 3.05) is 12.0 Å². The summed E-state index contributed by atoms with van der Waals surface area (Å²) in [6, 6.07) is 0.359. The highest BCUT2D eigenvalue weighted by molar-refractivity contribution is 5.46. The molecule has 0 radical (unpaired) electrons. The summed E-state index contributed by atoms with van der Waals surface area (Å²) >= 11 is 0. The Bertz CT molecular complexity index is 570. The highest BCUT2D eigenvalue weighted by Gasteiger charge is 2.10. The van der Waals surface area contributed by atoms with Crippen molar-refractivity contribution in [1.29, 1.82) is 0 Å². The first kappa shape index (κ1) is 14.6. The number of halogens is 1. The Morgan fingerprint density at radius 3 is 2.55 bits per heavy atom. The molecule has 0 atom stereocenters. The predicted octanol–water partition coefficient (Wildman–Crippen LogP) is 2.86. The third kappa shape index (κ3) is 2.84. The van der Waals surface area contributed by atoms with Gasteiger partial charge in [0.1, 0.15) is 6.67 Å². The van der Waals surface area contributed by atoms with Crippen LogP contribution in [0.5, 0.6) is 0 Å². The molecule has 0 aliphatic heterocycles. The maximum atomic E-state index is 12.4. The molecule has 20 heavy (non-hydrogen) atoms. The highest BCUT2D eigenvalue weighted by Crippen LogP contribution is 2.17. The van der Waals surface area contributed by atoms with E-state index in [1.54, 1.807) is 10.9 Å². The number of aromatic nitrogens is 4. The predicted molar refractivity (Wildman–Crippen MR) is 77.6 cm³/mol. The monoisotopic (exact) mass is 279 g/mol. The minimum atomic E-state index is -0.401. The minimum Gasteiger partial charge on any atom is -0.378 e. The summed E-state index contributed by atoms with van der Waals surface area (Å²) in [7, 11) is 0. The lowest BCUT2D eigenvalue weighted by Gasteiger charge is -2.10. The third-order valence-corrected chi connectivity index (χ3v) is 3.50. The van der Waals surface area contributed by atoms with Crippen molar-refractivity contribution in [3.05, 3.63) is 29.3 Å². The highest BCUT2D eigenvalue weighted by atomic mass is 19.1. The van der Waals surface area contributed by atoms with Gasteiger partial charge in [0.25, 0.3) is 0 Å². The molecular formula is C14H22FN5. The number of hydrogen-bond donors (Lipinski definition) is 1. The van der Waals surface area contributed by atoms with Gasteiger partial charge in [0.2, 0.25) is 0 Å². The van der Waals surface area contributed by atoms with Crippen LogP contribution in [0.25, 0.3) is 0 Å². The minimum absolute atomic E-state index is 0.303. The molecule has 0 saturated carbocycles. The van der Waals surface area contributed by atoms with Crippen LogP contribution in [0, 0.1) is 13.8 Å². The largest absolute Gasteiger partial charge is 0.378 e. The van der Waals surface area contributed by atoms with Crippen molar-refractivity contribution in [2.24, 2.45) is 0 Å². The Hall–Kier alpha value is -1.85. The maximum Gasteiger partial charge on any atom is 0.109 e. The van der Waals surface area contributed by atoms with Gasteiger partial charge in [0, 0.05) is 23.8 Å². The lowest BCUT2D eigenvalue weighted by Crippen LogP contribution is -2.07. The van der Waals surface area contributed by atoms with E-state index < -0.39 is 6.67 Å². The van der Waals surface area contributed by atoms with Crippen LogP contribution in [0.15, 0.2) is 12.4 Å². The first-order chi connectivity index (χ1) is 9.54.